The summed E-state index contributed by atoms with van der Waals surface area (Å²) in [5.74, 6) is 3.01. The van der Waals surface area contributed by atoms with Gasteiger partial charge in [-0.1, -0.05) is 140 Å². The van der Waals surface area contributed by atoms with Crippen LogP contribution in [0.1, 0.15) is 50.1 Å². The van der Waals surface area contributed by atoms with E-state index in [4.69, 9.17) is 19.4 Å². The van der Waals surface area contributed by atoms with E-state index in [1.54, 1.807) is 6.20 Å². The molecule has 0 radical (unpaired) electrons. The third kappa shape index (κ3) is 4.80. The second kappa shape index (κ2) is 13.9. The monoisotopic (exact) mass is 857 g/mol. The van der Waals surface area contributed by atoms with Gasteiger partial charge in [-0.05, 0) is 76.9 Å². The Bertz CT molecular complexity index is 3620. The van der Waals surface area contributed by atoms with E-state index in [1.807, 2.05) is 73.1 Å². The van der Waals surface area contributed by atoms with Crippen LogP contribution in [0.5, 0.6) is 23.0 Å². The first kappa shape index (κ1) is 37.3. The molecule has 0 fully saturated rings. The third-order valence-electron chi connectivity index (χ3n) is 14.2. The summed E-state index contributed by atoms with van der Waals surface area (Å²) >= 11 is 0. The normalized spacial score (nSPS) is 14.4. The van der Waals surface area contributed by atoms with Gasteiger partial charge in [-0.3, -0.25) is 15.0 Å². The van der Waals surface area contributed by atoms with Gasteiger partial charge in [0.25, 0.3) is 0 Å². The maximum atomic E-state index is 11.0. The molecule has 0 bridgehead atoms. The van der Waals surface area contributed by atoms with Crippen LogP contribution in [0.2, 0.25) is 0 Å². The van der Waals surface area contributed by atoms with Crippen LogP contribution in [0.15, 0.2) is 213 Å². The SMILES string of the molecule is N#Cc1c(-c2ccccn2)cccc1-c1cccc2c1Oc1c(N3c4ccccc4C4(c5ccccc5Oc5ccccc54)c4ccccc43)cccc1C21c2cccnc2-c2ncccc21. The predicted octanol–water partition coefficient (Wildman–Crippen LogP) is 13.8. The first-order valence-electron chi connectivity index (χ1n) is 22.4. The maximum absolute atomic E-state index is 11.0. The minimum absolute atomic E-state index is 0.517. The van der Waals surface area contributed by atoms with E-state index in [1.165, 1.54) is 0 Å². The zero-order chi connectivity index (χ0) is 44.3. The molecule has 0 saturated heterocycles. The smallest absolute Gasteiger partial charge is 0.156 e. The van der Waals surface area contributed by atoms with Gasteiger partial charge in [-0.15, -0.1) is 0 Å². The van der Waals surface area contributed by atoms with E-state index in [0.29, 0.717) is 17.1 Å². The van der Waals surface area contributed by atoms with Gasteiger partial charge >= 0.3 is 0 Å². The van der Waals surface area contributed by atoms with Gasteiger partial charge in [0.1, 0.15) is 23.3 Å². The number of pyridine rings is 3. The minimum atomic E-state index is -0.901. The Labute approximate surface area is 386 Å². The largest absolute Gasteiger partial charge is 0.457 e. The Balaban J connectivity index is 1.08. The Kier molecular flexibility index (Phi) is 7.75. The summed E-state index contributed by atoms with van der Waals surface area (Å²) in [6.45, 7) is 0. The number of hydrogen-bond donors (Lipinski definition) is 0. The van der Waals surface area contributed by atoms with Crippen LogP contribution >= 0.6 is 0 Å². The predicted molar refractivity (Wildman–Crippen MR) is 259 cm³/mol. The molecule has 3 aromatic heterocycles. The average molecular weight is 858 g/mol. The number of fused-ring (bicyclic) bond motifs is 17. The summed E-state index contributed by atoms with van der Waals surface area (Å²) < 4.78 is 14.4. The van der Waals surface area contributed by atoms with Crippen LogP contribution in [-0.2, 0) is 10.8 Å². The molecular weight excluding hydrogens is 823 g/mol. The van der Waals surface area contributed by atoms with Gasteiger partial charge in [0.2, 0.25) is 0 Å². The minimum Gasteiger partial charge on any atom is -0.457 e. The number of para-hydroxylation sites is 6. The van der Waals surface area contributed by atoms with Crippen LogP contribution in [0.25, 0.3) is 33.8 Å². The summed E-state index contributed by atoms with van der Waals surface area (Å²) in [4.78, 5) is 17.1. The van der Waals surface area contributed by atoms with Crippen molar-refractivity contribution < 1.29 is 9.47 Å². The van der Waals surface area contributed by atoms with Crippen LogP contribution in [-0.4, -0.2) is 15.0 Å². The second-order valence-corrected chi connectivity index (χ2v) is 17.3. The van der Waals surface area contributed by atoms with Crippen LogP contribution < -0.4 is 14.4 Å². The number of hydrogen-bond acceptors (Lipinski definition) is 7. The molecule has 2 spiro atoms. The van der Waals surface area contributed by atoms with Gasteiger partial charge < -0.3 is 14.4 Å². The molecule has 312 valence electrons. The molecule has 0 atom stereocenters. The van der Waals surface area contributed by atoms with Crippen molar-refractivity contribution in [1.29, 1.82) is 5.26 Å². The van der Waals surface area contributed by atoms with Gasteiger partial charge in [-0.2, -0.15) is 5.26 Å². The highest BCUT2D eigenvalue weighted by Gasteiger charge is 2.55. The molecule has 7 heteroatoms. The topological polar surface area (TPSA) is 84.2 Å². The van der Waals surface area contributed by atoms with Crippen molar-refractivity contribution in [2.45, 2.75) is 10.8 Å². The van der Waals surface area contributed by atoms with Crippen molar-refractivity contribution in [2.24, 2.45) is 0 Å². The fourth-order valence-corrected chi connectivity index (χ4v) is 11.7. The van der Waals surface area contributed by atoms with Crippen molar-refractivity contribution >= 4 is 17.1 Å². The summed E-state index contributed by atoms with van der Waals surface area (Å²) in [6.07, 6.45) is 5.45. The van der Waals surface area contributed by atoms with Crippen molar-refractivity contribution in [3.05, 3.63) is 263 Å². The summed E-state index contributed by atoms with van der Waals surface area (Å²) in [5.41, 5.74) is 14.8. The van der Waals surface area contributed by atoms with Gasteiger partial charge in [0, 0.05) is 57.5 Å². The number of aromatic nitrogens is 3. The zero-order valence-electron chi connectivity index (χ0n) is 35.8. The quantitative estimate of drug-likeness (QED) is 0.175. The molecule has 0 unspecified atom stereocenters. The number of nitrogens with zero attached hydrogens (tertiary/aromatic N) is 5. The highest BCUT2D eigenvalue weighted by Crippen LogP contribution is 2.67. The van der Waals surface area contributed by atoms with Crippen LogP contribution in [0.3, 0.4) is 0 Å². The first-order valence-corrected chi connectivity index (χ1v) is 22.4. The van der Waals surface area contributed by atoms with Crippen molar-refractivity contribution in [3.63, 3.8) is 0 Å². The fraction of sp³-hybridized carbons (Fsp3) is 0.0333. The lowest BCUT2D eigenvalue weighted by atomic mass is 9.61. The molecule has 7 aromatic carbocycles. The number of rotatable bonds is 3. The van der Waals surface area contributed by atoms with Gasteiger partial charge in [0.15, 0.2) is 5.75 Å². The first-order chi connectivity index (χ1) is 33.2. The summed E-state index contributed by atoms with van der Waals surface area (Å²) in [7, 11) is 0. The average Bonchev–Trinajstić information content (AvgIpc) is 3.69. The molecular formula is C60H35N5O2. The molecule has 14 rings (SSSR count). The Morgan fingerprint density at radius 2 is 0.851 bits per heavy atom. The molecule has 67 heavy (non-hydrogen) atoms. The van der Waals surface area contributed by atoms with Crippen molar-refractivity contribution in [3.8, 4) is 62.8 Å². The summed E-state index contributed by atoms with van der Waals surface area (Å²) in [5, 5.41) is 11.0. The molecule has 7 nitrogen and oxygen atoms in total. The highest BCUT2D eigenvalue weighted by molar-refractivity contribution is 5.96. The molecule has 3 aliphatic heterocycles. The van der Waals surface area contributed by atoms with Crippen LogP contribution in [0.4, 0.5) is 17.1 Å². The second-order valence-electron chi connectivity index (χ2n) is 17.3. The van der Waals surface area contributed by atoms with Crippen molar-refractivity contribution in [1.82, 2.24) is 15.0 Å². The standard InChI is InChI=1S/C60H35N5O2/c61-36-40-37(16-11-17-38(40)49-27-9-10-33-62-49)39-18-12-23-47-57(39)67-58-48(60(47)45-25-14-34-63-55(45)56-46(60)26-15-35-64-56)24-13-30-52(58)65-50-28-5-1-19-41(50)59(42-20-2-6-29-51(42)65)43-21-3-7-31-53(43)66-54-32-8-4-22-44(54)59/h1-35H. The van der Waals surface area contributed by atoms with Gasteiger partial charge in [0.05, 0.1) is 50.5 Å². The van der Waals surface area contributed by atoms with Crippen LogP contribution in [0, 0.1) is 11.3 Å². The molecule has 10 aromatic rings. The van der Waals surface area contributed by atoms with E-state index < -0.39 is 10.8 Å². The lowest BCUT2D eigenvalue weighted by molar-refractivity contribution is 0.433. The van der Waals surface area contributed by atoms with Crippen molar-refractivity contribution in [2.75, 3.05) is 4.90 Å². The number of ether oxygens (including phenoxy) is 2. The highest BCUT2D eigenvalue weighted by atomic mass is 16.5. The lowest BCUT2D eigenvalue weighted by Crippen LogP contribution is -2.40. The molecule has 6 heterocycles. The van der Waals surface area contributed by atoms with E-state index in [9.17, 15) is 5.26 Å². The third-order valence-corrected chi connectivity index (χ3v) is 14.2. The molecule has 1 aliphatic carbocycles. The van der Waals surface area contributed by atoms with Gasteiger partial charge in [-0.25, -0.2) is 0 Å². The Morgan fingerprint density at radius 1 is 0.373 bits per heavy atom. The van der Waals surface area contributed by atoms with E-state index in [0.717, 1.165) is 107 Å². The van der Waals surface area contributed by atoms with E-state index in [2.05, 4.69) is 149 Å². The number of benzene rings is 7. The molecule has 0 saturated carbocycles. The zero-order valence-corrected chi connectivity index (χ0v) is 35.8. The van der Waals surface area contributed by atoms with E-state index >= 15 is 0 Å². The molecule has 0 amide bonds. The molecule has 0 N–H and O–H groups in total. The maximum Gasteiger partial charge on any atom is 0.156 e. The number of anilines is 3. The number of nitriles is 1. The van der Waals surface area contributed by atoms with E-state index in [-0.39, 0.29) is 0 Å². The Morgan fingerprint density at radius 3 is 1.49 bits per heavy atom. The Hall–Kier alpha value is -9.12. The fourth-order valence-electron chi connectivity index (χ4n) is 11.7. The molecule has 4 aliphatic rings. The lowest BCUT2D eigenvalue weighted by Gasteiger charge is -2.49. The summed E-state index contributed by atoms with van der Waals surface area (Å²) in [6, 6.07) is 69.9.